The third-order valence-corrected chi connectivity index (χ3v) is 4.46. The van der Waals surface area contributed by atoms with Gasteiger partial charge in [0.05, 0.1) is 10.0 Å². The van der Waals surface area contributed by atoms with E-state index in [0.29, 0.717) is 35.1 Å². The van der Waals surface area contributed by atoms with Crippen LogP contribution in [0.25, 0.3) is 0 Å². The second-order valence-electron chi connectivity index (χ2n) is 5.37. The Kier molecular flexibility index (Phi) is 8.45. The van der Waals surface area contributed by atoms with Crippen LogP contribution >= 0.6 is 35.6 Å². The lowest BCUT2D eigenvalue weighted by Crippen LogP contribution is -2.42. The van der Waals surface area contributed by atoms with E-state index in [1.165, 1.54) is 12.4 Å². The minimum Gasteiger partial charge on any atom is -0.508 e. The maximum Gasteiger partial charge on any atom is 0.321 e. The van der Waals surface area contributed by atoms with Gasteiger partial charge in [-0.1, -0.05) is 42.3 Å². The predicted octanol–water partition coefficient (Wildman–Crippen LogP) is 4.03. The van der Waals surface area contributed by atoms with E-state index in [9.17, 15) is 15.0 Å². The summed E-state index contributed by atoms with van der Waals surface area (Å²) in [6.45, 7) is 2.71. The normalized spacial score (nSPS) is 11.8. The molecule has 1 atom stereocenters. The zero-order valence-electron chi connectivity index (χ0n) is 13.5. The molecule has 2 N–H and O–H groups in total. The van der Waals surface area contributed by atoms with Gasteiger partial charge in [-0.2, -0.15) is 0 Å². The number of carboxylic acids is 1. The van der Waals surface area contributed by atoms with E-state index in [4.69, 9.17) is 23.2 Å². The van der Waals surface area contributed by atoms with Crippen LogP contribution in [0, 0.1) is 0 Å². The Morgan fingerprint density at radius 2 is 1.76 bits per heavy atom. The minimum atomic E-state index is -0.925. The second-order valence-corrected chi connectivity index (χ2v) is 6.18. The number of rotatable bonds is 7. The van der Waals surface area contributed by atoms with Crippen molar-refractivity contribution < 1.29 is 15.0 Å². The third-order valence-electron chi connectivity index (χ3n) is 3.81. The summed E-state index contributed by atoms with van der Waals surface area (Å²) in [5.41, 5.74) is 1.48. The number of hydrogen-bond donors (Lipinski definition) is 2. The van der Waals surface area contributed by atoms with Gasteiger partial charge in [0.25, 0.3) is 0 Å². The summed E-state index contributed by atoms with van der Waals surface area (Å²) in [6.07, 6.45) is 3.29. The molecule has 0 saturated heterocycles. The summed E-state index contributed by atoms with van der Waals surface area (Å²) in [4.78, 5) is 17.5. The molecule has 0 saturated carbocycles. The average Bonchev–Trinajstić information content (AvgIpc) is 2.54. The van der Waals surface area contributed by atoms with Gasteiger partial charge in [0.15, 0.2) is 0 Å². The molecule has 5 nitrogen and oxygen atoms in total. The third kappa shape index (κ3) is 5.75. The lowest BCUT2D eigenvalue weighted by molar-refractivity contribution is -0.143. The van der Waals surface area contributed by atoms with Crippen LogP contribution in [0.15, 0.2) is 36.7 Å². The molecule has 0 aliphatic heterocycles. The lowest BCUT2D eigenvalue weighted by atomic mass is 10.0. The summed E-state index contributed by atoms with van der Waals surface area (Å²) in [7, 11) is 0. The number of benzene rings is 1. The summed E-state index contributed by atoms with van der Waals surface area (Å²) in [6, 6.07) is 5.78. The van der Waals surface area contributed by atoms with E-state index in [1.807, 2.05) is 6.92 Å². The zero-order valence-corrected chi connectivity index (χ0v) is 15.9. The number of phenols is 1. The molecule has 0 unspecified atom stereocenters. The first-order valence-electron chi connectivity index (χ1n) is 7.45. The Morgan fingerprint density at radius 3 is 2.24 bits per heavy atom. The van der Waals surface area contributed by atoms with Crippen LogP contribution in [0.1, 0.15) is 18.1 Å². The number of hydrogen-bond acceptors (Lipinski definition) is 4. The molecule has 0 aliphatic rings. The minimum absolute atomic E-state index is 0. The van der Waals surface area contributed by atoms with Crippen molar-refractivity contribution >= 4 is 41.6 Å². The van der Waals surface area contributed by atoms with Crippen molar-refractivity contribution in [3.63, 3.8) is 0 Å². The zero-order chi connectivity index (χ0) is 17.7. The van der Waals surface area contributed by atoms with Crippen molar-refractivity contribution in [3.8, 4) is 5.75 Å². The van der Waals surface area contributed by atoms with Crippen molar-refractivity contribution in [2.24, 2.45) is 0 Å². The first-order chi connectivity index (χ1) is 11.4. The maximum absolute atomic E-state index is 11.8. The van der Waals surface area contributed by atoms with Crippen LogP contribution in [-0.2, 0) is 17.8 Å². The topological polar surface area (TPSA) is 73.7 Å². The predicted molar refractivity (Wildman–Crippen MR) is 101 cm³/mol. The highest BCUT2D eigenvalue weighted by Gasteiger charge is 2.26. The van der Waals surface area contributed by atoms with Crippen LogP contribution in [0.5, 0.6) is 5.75 Å². The number of phenolic OH excluding ortho intramolecular Hbond substituents is 1. The number of aromatic nitrogens is 1. The van der Waals surface area contributed by atoms with Crippen molar-refractivity contribution in [1.29, 1.82) is 0 Å². The monoisotopic (exact) mass is 404 g/mol. The van der Waals surface area contributed by atoms with Gasteiger partial charge in [0.2, 0.25) is 0 Å². The second kappa shape index (κ2) is 9.82. The highest BCUT2D eigenvalue weighted by Crippen LogP contribution is 2.26. The van der Waals surface area contributed by atoms with Gasteiger partial charge in [0, 0.05) is 24.5 Å². The number of aromatic hydroxyl groups is 1. The molecular formula is C17H19Cl3N2O3. The van der Waals surface area contributed by atoms with Gasteiger partial charge in [-0.25, -0.2) is 0 Å². The van der Waals surface area contributed by atoms with Crippen LogP contribution < -0.4 is 0 Å². The van der Waals surface area contributed by atoms with Crippen molar-refractivity contribution in [2.75, 3.05) is 6.54 Å². The standard InChI is InChI=1S/C17H18Cl2N2O3.ClH/c1-2-21(10-13-14(18)8-20-9-15(13)19)16(17(23)24)7-11-3-5-12(22)6-4-11;/h3-6,8-9,16,22H,2,7,10H2,1H3,(H,23,24);1H/t16-;/m0./s1. The van der Waals surface area contributed by atoms with Crippen LogP contribution in [0.2, 0.25) is 10.0 Å². The Labute approximate surface area is 162 Å². The first kappa shape index (κ1) is 21.5. The van der Waals surface area contributed by atoms with Crippen LogP contribution in [0.4, 0.5) is 0 Å². The lowest BCUT2D eigenvalue weighted by Gasteiger charge is -2.28. The van der Waals surface area contributed by atoms with Gasteiger partial charge in [0.1, 0.15) is 11.8 Å². The molecular weight excluding hydrogens is 387 g/mol. The first-order valence-corrected chi connectivity index (χ1v) is 8.20. The molecule has 1 heterocycles. The Hall–Kier alpha value is -1.53. The smallest absolute Gasteiger partial charge is 0.321 e. The van der Waals surface area contributed by atoms with Gasteiger partial charge in [-0.3, -0.25) is 14.7 Å². The van der Waals surface area contributed by atoms with Gasteiger partial charge >= 0.3 is 5.97 Å². The molecule has 0 spiro atoms. The van der Waals surface area contributed by atoms with Gasteiger partial charge in [-0.15, -0.1) is 12.4 Å². The molecule has 0 fully saturated rings. The fraction of sp³-hybridized carbons (Fsp3) is 0.294. The maximum atomic E-state index is 11.8. The largest absolute Gasteiger partial charge is 0.508 e. The van der Waals surface area contributed by atoms with E-state index in [2.05, 4.69) is 4.98 Å². The number of carboxylic acid groups (broad SMARTS) is 1. The fourth-order valence-electron chi connectivity index (χ4n) is 2.46. The number of carbonyl (C=O) groups is 1. The Morgan fingerprint density at radius 1 is 1.20 bits per heavy atom. The molecule has 2 aromatic rings. The SMILES string of the molecule is CCN(Cc1c(Cl)cncc1Cl)[C@@H](Cc1ccc(O)cc1)C(=O)O.Cl. The molecule has 0 radical (unpaired) electrons. The molecule has 8 heteroatoms. The number of aliphatic carboxylic acids is 1. The van der Waals surface area contributed by atoms with Gasteiger partial charge < -0.3 is 10.2 Å². The average molecular weight is 406 g/mol. The molecule has 1 aromatic heterocycles. The summed E-state index contributed by atoms with van der Waals surface area (Å²) >= 11 is 12.3. The molecule has 0 aliphatic carbocycles. The van der Waals surface area contributed by atoms with E-state index >= 15 is 0 Å². The van der Waals surface area contributed by atoms with Crippen molar-refractivity contribution in [1.82, 2.24) is 9.88 Å². The van der Waals surface area contributed by atoms with E-state index in [-0.39, 0.29) is 18.2 Å². The molecule has 2 rings (SSSR count). The van der Waals surface area contributed by atoms with Crippen molar-refractivity contribution in [3.05, 3.63) is 57.8 Å². The van der Waals surface area contributed by atoms with Gasteiger partial charge in [-0.05, 0) is 30.7 Å². The van der Waals surface area contributed by atoms with E-state index in [1.54, 1.807) is 29.2 Å². The van der Waals surface area contributed by atoms with Crippen molar-refractivity contribution in [2.45, 2.75) is 25.9 Å². The molecule has 136 valence electrons. The number of halogens is 3. The molecule has 1 aromatic carbocycles. The van der Waals surface area contributed by atoms with E-state index < -0.39 is 12.0 Å². The number of likely N-dealkylation sites (N-methyl/N-ethyl adjacent to an activating group) is 1. The Bertz CT molecular complexity index is 691. The number of pyridine rings is 1. The molecule has 25 heavy (non-hydrogen) atoms. The highest BCUT2D eigenvalue weighted by molar-refractivity contribution is 6.35. The highest BCUT2D eigenvalue weighted by atomic mass is 35.5. The fourth-order valence-corrected chi connectivity index (χ4v) is 2.95. The number of nitrogens with zero attached hydrogens (tertiary/aromatic N) is 2. The summed E-state index contributed by atoms with van der Waals surface area (Å²) < 4.78 is 0. The van der Waals surface area contributed by atoms with Crippen LogP contribution in [-0.4, -0.2) is 38.7 Å². The molecule has 0 amide bonds. The molecule has 0 bridgehead atoms. The Balaban J connectivity index is 0.00000312. The van der Waals surface area contributed by atoms with Crippen LogP contribution in [0.3, 0.4) is 0 Å². The quantitative estimate of drug-likeness (QED) is 0.727. The summed E-state index contributed by atoms with van der Waals surface area (Å²) in [5, 5.41) is 19.8. The summed E-state index contributed by atoms with van der Waals surface area (Å²) in [5.74, 6) is -0.778. The van der Waals surface area contributed by atoms with E-state index in [0.717, 1.165) is 5.56 Å².